The van der Waals surface area contributed by atoms with Crippen LogP contribution in [0.2, 0.25) is 0 Å². The average Bonchev–Trinajstić information content (AvgIpc) is 3.07. The number of ether oxygens (including phenoxy) is 2. The van der Waals surface area contributed by atoms with Crippen molar-refractivity contribution in [2.75, 3.05) is 11.5 Å². The standard InChI is InChI=1S/C35H38N2O7S2/c1-3-4-20-46-35(33(41)43-22-27-16-10-6-11-17-27,34(42)44-23-28-18-12-7-13-19-28)37-29(24-45-25(2)38)31(32(37)40)36-30(39)21-26-14-8-5-9-15-26/h5-19,29,31H,3-4,20-24H2,1-2H3,(H,36,39)/t29-,31+/m1/s1. The number of benzene rings is 3. The molecule has 0 bridgehead atoms. The summed E-state index contributed by atoms with van der Waals surface area (Å²) in [5.41, 5.74) is 2.16. The van der Waals surface area contributed by atoms with E-state index in [4.69, 9.17) is 9.47 Å². The highest BCUT2D eigenvalue weighted by molar-refractivity contribution is 8.13. The zero-order valence-corrected chi connectivity index (χ0v) is 27.5. The molecule has 3 aromatic carbocycles. The third kappa shape index (κ3) is 8.79. The summed E-state index contributed by atoms with van der Waals surface area (Å²) in [6.07, 6.45) is 1.46. The lowest BCUT2D eigenvalue weighted by Gasteiger charge is -2.53. The van der Waals surface area contributed by atoms with Crippen LogP contribution in [0.15, 0.2) is 91.0 Å². The Morgan fingerprint density at radius 2 is 1.30 bits per heavy atom. The first-order valence-corrected chi connectivity index (χ1v) is 17.1. The van der Waals surface area contributed by atoms with Crippen molar-refractivity contribution in [3.05, 3.63) is 108 Å². The Labute approximate surface area is 277 Å². The van der Waals surface area contributed by atoms with Gasteiger partial charge in [-0.05, 0) is 28.9 Å². The van der Waals surface area contributed by atoms with Crippen LogP contribution >= 0.6 is 23.5 Å². The van der Waals surface area contributed by atoms with Crippen LogP contribution in [0, 0.1) is 0 Å². The summed E-state index contributed by atoms with van der Waals surface area (Å²) in [6.45, 7) is 3.11. The van der Waals surface area contributed by atoms with E-state index in [0.29, 0.717) is 23.3 Å². The van der Waals surface area contributed by atoms with Crippen molar-refractivity contribution in [1.29, 1.82) is 0 Å². The highest BCUT2D eigenvalue weighted by Crippen LogP contribution is 2.42. The fourth-order valence-electron chi connectivity index (χ4n) is 4.94. The topological polar surface area (TPSA) is 119 Å². The normalized spacial score (nSPS) is 15.9. The van der Waals surface area contributed by atoms with E-state index in [9.17, 15) is 24.0 Å². The third-order valence-corrected chi connectivity index (χ3v) is 9.68. The Kier molecular flexibility index (Phi) is 12.9. The minimum absolute atomic E-state index is 0.0336. The molecule has 1 heterocycles. The van der Waals surface area contributed by atoms with E-state index in [1.165, 1.54) is 6.92 Å². The minimum Gasteiger partial charge on any atom is -0.458 e. The van der Waals surface area contributed by atoms with Crippen LogP contribution in [0.5, 0.6) is 0 Å². The molecule has 2 atom stereocenters. The SMILES string of the molecule is CCCCSC(C(=O)OCc1ccccc1)(C(=O)OCc1ccccc1)N1C(=O)[C@@H](NC(=O)Cc2ccccc2)[C@H]1CSC(C)=O. The maximum Gasteiger partial charge on any atom is 0.355 e. The number of esters is 2. The van der Waals surface area contributed by atoms with Crippen LogP contribution in [-0.4, -0.2) is 62.2 Å². The monoisotopic (exact) mass is 662 g/mol. The molecule has 4 rings (SSSR count). The Bertz CT molecular complexity index is 1430. The van der Waals surface area contributed by atoms with E-state index in [2.05, 4.69) is 5.32 Å². The Balaban J connectivity index is 1.68. The molecule has 2 amide bonds. The van der Waals surface area contributed by atoms with Gasteiger partial charge in [0.1, 0.15) is 19.3 Å². The molecule has 1 N–H and O–H groups in total. The van der Waals surface area contributed by atoms with Crippen LogP contribution in [0.1, 0.15) is 43.4 Å². The van der Waals surface area contributed by atoms with Gasteiger partial charge in [0.05, 0.1) is 12.5 Å². The van der Waals surface area contributed by atoms with Crippen molar-refractivity contribution < 1.29 is 33.4 Å². The molecule has 1 aliphatic rings. The smallest absolute Gasteiger partial charge is 0.355 e. The average molecular weight is 663 g/mol. The highest BCUT2D eigenvalue weighted by Gasteiger charge is 2.66. The number of hydrogen-bond acceptors (Lipinski definition) is 9. The van der Waals surface area contributed by atoms with Crippen molar-refractivity contribution in [1.82, 2.24) is 10.2 Å². The number of nitrogens with zero attached hydrogens (tertiary/aromatic N) is 1. The lowest BCUT2D eigenvalue weighted by atomic mass is 9.92. The zero-order chi connectivity index (χ0) is 32.9. The minimum atomic E-state index is -2.21. The first-order valence-electron chi connectivity index (χ1n) is 15.1. The molecule has 0 unspecified atom stereocenters. The van der Waals surface area contributed by atoms with Gasteiger partial charge in [0, 0.05) is 12.7 Å². The van der Waals surface area contributed by atoms with Crippen LogP contribution in [0.25, 0.3) is 0 Å². The number of unbranched alkanes of at least 4 members (excludes halogenated alkanes) is 1. The maximum atomic E-state index is 14.2. The number of thioether (sulfide) groups is 2. The number of rotatable bonds is 16. The largest absolute Gasteiger partial charge is 0.458 e. The van der Waals surface area contributed by atoms with Crippen LogP contribution in [0.3, 0.4) is 0 Å². The molecule has 46 heavy (non-hydrogen) atoms. The molecule has 3 aromatic rings. The lowest BCUT2D eigenvalue weighted by molar-refractivity contribution is -0.183. The Morgan fingerprint density at radius 1 is 0.804 bits per heavy atom. The summed E-state index contributed by atoms with van der Waals surface area (Å²) >= 11 is 1.92. The second kappa shape index (κ2) is 17.0. The number of amides is 2. The summed E-state index contributed by atoms with van der Waals surface area (Å²) in [5.74, 6) is -2.53. The van der Waals surface area contributed by atoms with E-state index in [1.807, 2.05) is 37.3 Å². The summed E-state index contributed by atoms with van der Waals surface area (Å²) in [4.78, 5) is 66.6. The molecule has 0 spiro atoms. The third-order valence-electron chi connectivity index (χ3n) is 7.33. The van der Waals surface area contributed by atoms with Gasteiger partial charge in [0.25, 0.3) is 4.87 Å². The van der Waals surface area contributed by atoms with Crippen molar-refractivity contribution >= 4 is 52.4 Å². The van der Waals surface area contributed by atoms with Gasteiger partial charge < -0.3 is 19.7 Å². The van der Waals surface area contributed by atoms with Gasteiger partial charge in [-0.2, -0.15) is 0 Å². The predicted molar refractivity (Wildman–Crippen MR) is 178 cm³/mol. The van der Waals surface area contributed by atoms with Crippen molar-refractivity contribution in [2.24, 2.45) is 0 Å². The first kappa shape index (κ1) is 34.8. The zero-order valence-electron chi connectivity index (χ0n) is 25.9. The summed E-state index contributed by atoms with van der Waals surface area (Å²) < 4.78 is 11.5. The van der Waals surface area contributed by atoms with Crippen LogP contribution in [-0.2, 0) is 53.1 Å². The van der Waals surface area contributed by atoms with E-state index in [-0.39, 0.29) is 30.5 Å². The fourth-order valence-corrected chi connectivity index (χ4v) is 7.14. The number of likely N-dealkylation sites (tertiary alicyclic amines) is 1. The molecule has 242 valence electrons. The maximum absolute atomic E-state index is 14.2. The number of nitrogens with one attached hydrogen (secondary N) is 1. The fraction of sp³-hybridized carbons (Fsp3) is 0.343. The van der Waals surface area contributed by atoms with E-state index in [1.54, 1.807) is 60.7 Å². The summed E-state index contributed by atoms with van der Waals surface area (Å²) in [7, 11) is 0. The van der Waals surface area contributed by atoms with Gasteiger partial charge in [0.15, 0.2) is 5.12 Å². The highest BCUT2D eigenvalue weighted by atomic mass is 32.2. The molecular weight excluding hydrogens is 625 g/mol. The van der Waals surface area contributed by atoms with Crippen LogP contribution in [0.4, 0.5) is 0 Å². The Morgan fingerprint density at radius 3 is 1.78 bits per heavy atom. The van der Waals surface area contributed by atoms with E-state index < -0.39 is 40.7 Å². The molecule has 11 heteroatoms. The number of β-lactam (4-membered cyclic amide) rings is 1. The van der Waals surface area contributed by atoms with E-state index in [0.717, 1.165) is 40.4 Å². The van der Waals surface area contributed by atoms with Gasteiger partial charge in [-0.25, -0.2) is 9.59 Å². The second-order valence-corrected chi connectivity index (χ2v) is 13.2. The van der Waals surface area contributed by atoms with Crippen molar-refractivity contribution in [2.45, 2.75) is 63.3 Å². The molecule has 0 saturated carbocycles. The van der Waals surface area contributed by atoms with Gasteiger partial charge in [0.2, 0.25) is 11.8 Å². The predicted octanol–water partition coefficient (Wildman–Crippen LogP) is 4.92. The molecule has 0 aromatic heterocycles. The molecule has 9 nitrogen and oxygen atoms in total. The number of carbonyl (C=O) groups is 5. The number of hydrogen-bond donors (Lipinski definition) is 1. The van der Waals surface area contributed by atoms with Gasteiger partial charge in [-0.1, -0.05) is 116 Å². The lowest BCUT2D eigenvalue weighted by Crippen LogP contribution is -2.80. The number of carbonyl (C=O) groups excluding carboxylic acids is 5. The molecular formula is C35H38N2O7S2. The molecule has 1 saturated heterocycles. The summed E-state index contributed by atoms with van der Waals surface area (Å²) in [5, 5.41) is 2.57. The Hall–Kier alpha value is -4.09. The second-order valence-electron chi connectivity index (χ2n) is 10.8. The molecule has 0 aliphatic carbocycles. The first-order chi connectivity index (χ1) is 22.3. The summed E-state index contributed by atoms with van der Waals surface area (Å²) in [6, 6.07) is 25.2. The van der Waals surface area contributed by atoms with Crippen molar-refractivity contribution in [3.63, 3.8) is 0 Å². The van der Waals surface area contributed by atoms with Gasteiger partial charge in [-0.15, -0.1) is 11.8 Å². The molecule has 1 fully saturated rings. The van der Waals surface area contributed by atoms with Gasteiger partial charge in [-0.3, -0.25) is 14.4 Å². The van der Waals surface area contributed by atoms with Crippen molar-refractivity contribution in [3.8, 4) is 0 Å². The molecule has 1 aliphatic heterocycles. The van der Waals surface area contributed by atoms with Crippen LogP contribution < -0.4 is 5.32 Å². The molecule has 0 radical (unpaired) electrons. The van der Waals surface area contributed by atoms with Gasteiger partial charge >= 0.3 is 11.9 Å². The van der Waals surface area contributed by atoms with E-state index >= 15 is 0 Å². The quantitative estimate of drug-likeness (QED) is 0.0987.